The van der Waals surface area contributed by atoms with E-state index in [1.165, 1.54) is 4.90 Å². The molecule has 60 heavy (non-hydrogen) atoms. The summed E-state index contributed by atoms with van der Waals surface area (Å²) in [6.45, 7) is 2.14. The van der Waals surface area contributed by atoms with Crippen molar-refractivity contribution in [1.29, 1.82) is 0 Å². The lowest BCUT2D eigenvalue weighted by Crippen LogP contribution is -2.58. The first-order chi connectivity index (χ1) is 28.9. The van der Waals surface area contributed by atoms with E-state index in [9.17, 15) is 27.6 Å². The number of nitrogens with zero attached hydrogens (tertiary/aromatic N) is 2. The van der Waals surface area contributed by atoms with E-state index in [1.54, 1.807) is 7.11 Å². The predicted octanol–water partition coefficient (Wildman–Crippen LogP) is 5.80. The molecule has 15 heteroatoms. The van der Waals surface area contributed by atoms with Gasteiger partial charge in [0.15, 0.2) is 0 Å². The Labute approximate surface area is 350 Å². The topological polar surface area (TPSA) is 182 Å². The molecule has 0 spiro atoms. The molecule has 3 aliphatic heterocycles. The molecule has 1 saturated heterocycles. The summed E-state index contributed by atoms with van der Waals surface area (Å²) in [6, 6.07) is 13.3. The third-order valence-electron chi connectivity index (χ3n) is 12.2. The van der Waals surface area contributed by atoms with Crippen molar-refractivity contribution in [3.63, 3.8) is 0 Å². The van der Waals surface area contributed by atoms with Crippen LogP contribution in [0.2, 0.25) is 0 Å². The van der Waals surface area contributed by atoms with Crippen LogP contribution in [0, 0.1) is 11.8 Å². The molecule has 0 unspecified atom stereocenters. The van der Waals surface area contributed by atoms with E-state index in [-0.39, 0.29) is 31.9 Å². The molecule has 3 aromatic rings. The molecule has 2 aromatic carbocycles. The Morgan fingerprint density at radius 3 is 2.60 bits per heavy atom. The van der Waals surface area contributed by atoms with E-state index >= 15 is 0 Å². The average Bonchev–Trinajstić information content (AvgIpc) is 4.17. The highest BCUT2D eigenvalue weighted by Crippen LogP contribution is 2.46. The number of benzene rings is 2. The molecule has 4 heterocycles. The van der Waals surface area contributed by atoms with E-state index in [4.69, 9.17) is 19.2 Å². The normalized spacial score (nSPS) is 27.8. The first-order valence-electron chi connectivity index (χ1n) is 21.1. The van der Waals surface area contributed by atoms with Gasteiger partial charge in [0.25, 0.3) is 5.91 Å². The number of sulfonamides is 1. The lowest BCUT2D eigenvalue weighted by Gasteiger charge is -2.29. The van der Waals surface area contributed by atoms with Gasteiger partial charge in [0.2, 0.25) is 21.8 Å². The van der Waals surface area contributed by atoms with Crippen LogP contribution in [0.4, 0.5) is 4.79 Å². The molecule has 0 radical (unpaired) electrons. The minimum atomic E-state index is -3.91. The lowest BCUT2D eigenvalue weighted by molar-refractivity contribution is -0.141. The van der Waals surface area contributed by atoms with Crippen LogP contribution in [0.5, 0.6) is 11.5 Å². The largest absolute Gasteiger partial charge is 0.496 e. The number of cyclic esters (lactones) is 1. The number of allylic oxidation sites excluding steroid dienone is 2. The summed E-state index contributed by atoms with van der Waals surface area (Å²) in [4.78, 5) is 63.0. The smallest absolute Gasteiger partial charge is 0.407 e. The first kappa shape index (κ1) is 41.3. The Morgan fingerprint density at radius 1 is 1.00 bits per heavy atom. The van der Waals surface area contributed by atoms with Crippen LogP contribution >= 0.6 is 0 Å². The maximum Gasteiger partial charge on any atom is 0.407 e. The molecule has 2 saturated carbocycles. The molecular weight excluding hydrogens is 787 g/mol. The number of alkyl carbamates (subject to hydrolysis) is 1. The molecule has 318 valence electrons. The molecule has 3 N–H and O–H groups in total. The minimum absolute atomic E-state index is 0.00678. The number of hydrogen-bond acceptors (Lipinski definition) is 10. The van der Waals surface area contributed by atoms with Crippen molar-refractivity contribution in [3.05, 3.63) is 72.3 Å². The highest BCUT2D eigenvalue weighted by Gasteiger charge is 2.62. The van der Waals surface area contributed by atoms with Crippen molar-refractivity contribution in [2.75, 3.05) is 20.3 Å². The third-order valence-corrected chi connectivity index (χ3v) is 14.1. The zero-order valence-electron chi connectivity index (χ0n) is 34.1. The van der Waals surface area contributed by atoms with Crippen LogP contribution in [-0.2, 0) is 29.1 Å². The van der Waals surface area contributed by atoms with Crippen molar-refractivity contribution in [2.45, 2.75) is 107 Å². The van der Waals surface area contributed by atoms with Crippen LogP contribution in [0.25, 0.3) is 28.2 Å². The molecule has 14 nitrogen and oxygen atoms in total. The van der Waals surface area contributed by atoms with E-state index < -0.39 is 68.7 Å². The molecule has 3 fully saturated rings. The van der Waals surface area contributed by atoms with Crippen molar-refractivity contribution in [1.82, 2.24) is 25.2 Å². The Kier molecular flexibility index (Phi) is 11.9. The predicted molar refractivity (Wildman–Crippen MR) is 225 cm³/mol. The summed E-state index contributed by atoms with van der Waals surface area (Å²) in [5, 5.41) is 5.82. The summed E-state index contributed by atoms with van der Waals surface area (Å²) in [5.41, 5.74) is 1.44. The van der Waals surface area contributed by atoms with Crippen LogP contribution in [0.1, 0.15) is 83.1 Å². The maximum atomic E-state index is 14.8. The summed E-state index contributed by atoms with van der Waals surface area (Å²) in [7, 11) is -2.30. The number of rotatable bonds is 5. The van der Waals surface area contributed by atoms with Gasteiger partial charge in [-0.1, -0.05) is 74.4 Å². The summed E-state index contributed by atoms with van der Waals surface area (Å²) >= 11 is 0. The standard InChI is InChI=1S/C45H53N5O9S/c1-28-13-11-12-16-30-21-34-37(24-39(30)57-2)46-36(29-14-7-6-8-15-29)23-40(34)59-32-22-38-41(51)48-45(43(53)49-60(55,56)33-19-20-33)25-31(45)17-9-4-3-5-10-18-35(42(52)50(38)26-32)47-44(54)58-27-28/h6-9,12,14-17,21,23-24,28,31-33,35,38H,3-5,10-11,13,18-20,22,25-27H2,1-2H3,(H,47,54)(H,48,51)(H,49,53)/t28-,31-,32-,35+,38+,45-/m1/s1. The van der Waals surface area contributed by atoms with E-state index in [0.717, 1.165) is 36.8 Å². The molecular formula is C45H53N5O9S. The number of methoxy groups -OCH3 is 1. The number of hydrogen-bond donors (Lipinski definition) is 3. The van der Waals surface area contributed by atoms with Gasteiger partial charge in [0.1, 0.15) is 35.2 Å². The lowest BCUT2D eigenvalue weighted by atomic mass is 10.0. The third kappa shape index (κ3) is 9.01. The average molecular weight is 840 g/mol. The molecule has 8 rings (SSSR count). The number of pyridine rings is 1. The van der Waals surface area contributed by atoms with Crippen LogP contribution < -0.4 is 24.8 Å². The fraction of sp³-hybridized carbons (Fsp3) is 0.489. The second-order valence-electron chi connectivity index (χ2n) is 16.9. The number of amides is 4. The van der Waals surface area contributed by atoms with Gasteiger partial charge in [-0.3, -0.25) is 19.1 Å². The second-order valence-corrected chi connectivity index (χ2v) is 18.8. The molecule has 5 bridgehead atoms. The van der Waals surface area contributed by atoms with E-state index in [0.29, 0.717) is 60.2 Å². The van der Waals surface area contributed by atoms with Gasteiger partial charge < -0.3 is 29.7 Å². The fourth-order valence-electron chi connectivity index (χ4n) is 8.50. The van der Waals surface area contributed by atoms with Gasteiger partial charge in [-0.2, -0.15) is 0 Å². The Bertz CT molecular complexity index is 2310. The highest BCUT2D eigenvalue weighted by atomic mass is 32.2. The number of carbonyl (C=O) groups is 4. The Hall–Kier alpha value is -5.44. The number of aromatic nitrogens is 1. The Balaban J connectivity index is 1.19. The summed E-state index contributed by atoms with van der Waals surface area (Å²) in [5.74, 6) is -1.16. The molecule has 1 aromatic heterocycles. The quantitative estimate of drug-likeness (QED) is 0.266. The van der Waals surface area contributed by atoms with Crippen LogP contribution in [-0.4, -0.2) is 91.4 Å². The van der Waals surface area contributed by atoms with Gasteiger partial charge in [-0.25, -0.2) is 18.2 Å². The van der Waals surface area contributed by atoms with Gasteiger partial charge in [0, 0.05) is 41.0 Å². The minimum Gasteiger partial charge on any atom is -0.496 e. The van der Waals surface area contributed by atoms with E-state index in [2.05, 4.69) is 21.4 Å². The monoisotopic (exact) mass is 839 g/mol. The maximum absolute atomic E-state index is 14.8. The zero-order chi connectivity index (χ0) is 42.0. The fourth-order valence-corrected chi connectivity index (χ4v) is 9.87. The number of ether oxygens (including phenoxy) is 3. The first-order valence-corrected chi connectivity index (χ1v) is 22.7. The van der Waals surface area contributed by atoms with Gasteiger partial charge in [-0.15, -0.1) is 0 Å². The van der Waals surface area contributed by atoms with Crippen molar-refractivity contribution in [2.24, 2.45) is 11.8 Å². The van der Waals surface area contributed by atoms with Crippen molar-refractivity contribution < 1.29 is 41.8 Å². The van der Waals surface area contributed by atoms with Crippen LogP contribution in [0.15, 0.2) is 66.8 Å². The molecule has 4 amide bonds. The van der Waals surface area contributed by atoms with Crippen LogP contribution in [0.3, 0.4) is 0 Å². The van der Waals surface area contributed by atoms with Crippen molar-refractivity contribution in [3.8, 4) is 22.8 Å². The molecule has 5 aliphatic rings. The summed E-state index contributed by atoms with van der Waals surface area (Å²) in [6.07, 6.45) is 12.3. The van der Waals surface area contributed by atoms with E-state index in [1.807, 2.05) is 73.7 Å². The van der Waals surface area contributed by atoms with Gasteiger partial charge in [0.05, 0.1) is 36.7 Å². The Morgan fingerprint density at radius 2 is 1.82 bits per heavy atom. The number of carbonyl (C=O) groups excluding carboxylic acids is 4. The van der Waals surface area contributed by atoms with Crippen molar-refractivity contribution >= 4 is 50.8 Å². The number of fused-ring (bicyclic) bond motifs is 4. The zero-order valence-corrected chi connectivity index (χ0v) is 34.9. The highest BCUT2D eigenvalue weighted by molar-refractivity contribution is 7.91. The second kappa shape index (κ2) is 17.3. The number of nitrogens with one attached hydrogen (secondary N) is 3. The van der Waals surface area contributed by atoms with Gasteiger partial charge in [-0.05, 0) is 63.4 Å². The molecule has 2 aliphatic carbocycles. The molecule has 6 atom stereocenters. The summed E-state index contributed by atoms with van der Waals surface area (Å²) < 4.78 is 46.5. The van der Waals surface area contributed by atoms with Gasteiger partial charge >= 0.3 is 6.09 Å². The SMILES string of the molecule is COc1cc2nc(-c3ccccc3)cc3c2cc1C=CCC[C@@H](C)COC(=O)N[C@H]1CCCCCC=C[C@@H]2C[C@@]2(C(=O)NS(=O)(=O)C2CC2)NC(=O)[C@@H]2C[C@H](CN2C1=O)O3.